The molecular weight excluding hydrogens is 202 g/mol. The molecule has 1 fully saturated rings. The molecule has 0 radical (unpaired) electrons. The van der Waals surface area contributed by atoms with Gasteiger partial charge in [0.15, 0.2) is 0 Å². The Balaban J connectivity index is 2.22. The third-order valence-corrected chi connectivity index (χ3v) is 3.15. The van der Waals surface area contributed by atoms with Gasteiger partial charge >= 0.3 is 0 Å². The summed E-state index contributed by atoms with van der Waals surface area (Å²) in [6.07, 6.45) is 3.16. The summed E-state index contributed by atoms with van der Waals surface area (Å²) in [4.78, 5) is 0. The maximum absolute atomic E-state index is 6.15. The molecule has 0 spiro atoms. The third kappa shape index (κ3) is 2.54. The molecule has 1 aliphatic carbocycles. The lowest BCUT2D eigenvalue weighted by atomic mass is 9.99. The van der Waals surface area contributed by atoms with E-state index in [2.05, 4.69) is 12.1 Å². The summed E-state index contributed by atoms with van der Waals surface area (Å²) in [5, 5.41) is 0. The molecule has 0 unspecified atom stereocenters. The van der Waals surface area contributed by atoms with Crippen molar-refractivity contribution in [1.82, 2.24) is 0 Å². The first-order valence-electron chi connectivity index (χ1n) is 5.60. The second kappa shape index (κ2) is 4.44. The standard InChI is InChI=1S/C13H19NO2/c1-15-9-10-3-4-12(16-2)7-11(10)8-13(14)5-6-13/h3-4,7H,5-6,8-9,14H2,1-2H3. The highest BCUT2D eigenvalue weighted by Crippen LogP contribution is 2.37. The summed E-state index contributed by atoms with van der Waals surface area (Å²) in [5.41, 5.74) is 8.64. The van der Waals surface area contributed by atoms with Crippen LogP contribution in [0.5, 0.6) is 5.75 Å². The van der Waals surface area contributed by atoms with Gasteiger partial charge in [0.25, 0.3) is 0 Å². The second-order valence-corrected chi connectivity index (χ2v) is 4.61. The number of methoxy groups -OCH3 is 2. The van der Waals surface area contributed by atoms with Gasteiger partial charge in [-0.2, -0.15) is 0 Å². The molecule has 1 aromatic carbocycles. The number of hydrogen-bond acceptors (Lipinski definition) is 3. The van der Waals surface area contributed by atoms with Crippen molar-refractivity contribution in [2.45, 2.75) is 31.4 Å². The van der Waals surface area contributed by atoms with Crippen LogP contribution in [0.2, 0.25) is 0 Å². The second-order valence-electron chi connectivity index (χ2n) is 4.61. The van der Waals surface area contributed by atoms with Gasteiger partial charge in [0.1, 0.15) is 5.75 Å². The van der Waals surface area contributed by atoms with Crippen LogP contribution in [0.25, 0.3) is 0 Å². The first-order chi connectivity index (χ1) is 7.67. The molecule has 1 aliphatic rings. The van der Waals surface area contributed by atoms with E-state index < -0.39 is 0 Å². The first-order valence-corrected chi connectivity index (χ1v) is 5.60. The summed E-state index contributed by atoms with van der Waals surface area (Å²) in [6.45, 7) is 0.634. The number of rotatable bonds is 5. The summed E-state index contributed by atoms with van der Waals surface area (Å²) >= 11 is 0. The summed E-state index contributed by atoms with van der Waals surface area (Å²) in [7, 11) is 3.40. The predicted molar refractivity (Wildman–Crippen MR) is 63.6 cm³/mol. The molecule has 3 heteroatoms. The summed E-state index contributed by atoms with van der Waals surface area (Å²) in [6, 6.07) is 6.10. The monoisotopic (exact) mass is 221 g/mol. The molecule has 16 heavy (non-hydrogen) atoms. The van der Waals surface area contributed by atoms with Crippen molar-refractivity contribution in [2.24, 2.45) is 5.73 Å². The number of nitrogens with two attached hydrogens (primary N) is 1. The lowest BCUT2D eigenvalue weighted by molar-refractivity contribution is 0.184. The topological polar surface area (TPSA) is 44.5 Å². The zero-order valence-corrected chi connectivity index (χ0v) is 9.95. The van der Waals surface area contributed by atoms with Crippen molar-refractivity contribution in [3.63, 3.8) is 0 Å². The summed E-state index contributed by atoms with van der Waals surface area (Å²) in [5.74, 6) is 0.888. The Morgan fingerprint density at radius 3 is 2.56 bits per heavy atom. The van der Waals surface area contributed by atoms with E-state index in [1.165, 1.54) is 11.1 Å². The summed E-state index contributed by atoms with van der Waals surface area (Å²) < 4.78 is 10.4. The van der Waals surface area contributed by atoms with Gasteiger partial charge in [-0.05, 0) is 42.5 Å². The Kier molecular flexibility index (Phi) is 3.17. The molecule has 0 saturated heterocycles. The number of ether oxygens (including phenoxy) is 2. The van der Waals surface area contributed by atoms with Crippen LogP contribution in [0.4, 0.5) is 0 Å². The Hall–Kier alpha value is -1.06. The zero-order valence-electron chi connectivity index (χ0n) is 9.95. The highest BCUT2D eigenvalue weighted by molar-refractivity contribution is 5.37. The van der Waals surface area contributed by atoms with Crippen LogP contribution in [0.1, 0.15) is 24.0 Å². The Morgan fingerprint density at radius 1 is 1.25 bits per heavy atom. The van der Waals surface area contributed by atoms with Crippen molar-refractivity contribution >= 4 is 0 Å². The molecule has 3 nitrogen and oxygen atoms in total. The largest absolute Gasteiger partial charge is 0.497 e. The van der Waals surface area contributed by atoms with E-state index in [1.807, 2.05) is 6.07 Å². The van der Waals surface area contributed by atoms with Gasteiger partial charge in [0, 0.05) is 12.6 Å². The molecule has 0 heterocycles. The van der Waals surface area contributed by atoms with Crippen molar-refractivity contribution in [1.29, 1.82) is 0 Å². The van der Waals surface area contributed by atoms with E-state index in [0.717, 1.165) is 25.0 Å². The van der Waals surface area contributed by atoms with Crippen LogP contribution in [0, 0.1) is 0 Å². The van der Waals surface area contributed by atoms with E-state index in [0.29, 0.717) is 6.61 Å². The smallest absolute Gasteiger partial charge is 0.119 e. The lowest BCUT2D eigenvalue weighted by Gasteiger charge is -2.14. The molecule has 0 atom stereocenters. The number of benzene rings is 1. The highest BCUT2D eigenvalue weighted by atomic mass is 16.5. The highest BCUT2D eigenvalue weighted by Gasteiger charge is 2.38. The predicted octanol–water partition coefficient (Wildman–Crippen LogP) is 1.88. The van der Waals surface area contributed by atoms with Gasteiger partial charge in [-0.1, -0.05) is 6.07 Å². The first kappa shape index (κ1) is 11.4. The van der Waals surface area contributed by atoms with Crippen molar-refractivity contribution < 1.29 is 9.47 Å². The van der Waals surface area contributed by atoms with E-state index in [9.17, 15) is 0 Å². The Labute approximate surface area is 96.5 Å². The van der Waals surface area contributed by atoms with E-state index in [1.54, 1.807) is 14.2 Å². The quantitative estimate of drug-likeness (QED) is 0.825. The van der Waals surface area contributed by atoms with Crippen LogP contribution >= 0.6 is 0 Å². The fraction of sp³-hybridized carbons (Fsp3) is 0.538. The van der Waals surface area contributed by atoms with Crippen molar-refractivity contribution in [2.75, 3.05) is 14.2 Å². The Morgan fingerprint density at radius 2 is 2.00 bits per heavy atom. The molecule has 0 aromatic heterocycles. The average Bonchev–Trinajstić information content (AvgIpc) is 2.99. The van der Waals surface area contributed by atoms with Gasteiger partial charge in [0.2, 0.25) is 0 Å². The van der Waals surface area contributed by atoms with Crippen molar-refractivity contribution in [3.05, 3.63) is 29.3 Å². The molecule has 2 N–H and O–H groups in total. The fourth-order valence-electron chi connectivity index (χ4n) is 1.91. The minimum absolute atomic E-state index is 0.0227. The van der Waals surface area contributed by atoms with Crippen LogP contribution in [-0.2, 0) is 17.8 Å². The number of hydrogen-bond donors (Lipinski definition) is 1. The van der Waals surface area contributed by atoms with Crippen LogP contribution in [0.15, 0.2) is 18.2 Å². The van der Waals surface area contributed by atoms with E-state index in [4.69, 9.17) is 15.2 Å². The maximum atomic E-state index is 6.15. The van der Waals surface area contributed by atoms with E-state index in [-0.39, 0.29) is 5.54 Å². The normalized spacial score (nSPS) is 17.2. The SMILES string of the molecule is COCc1ccc(OC)cc1CC1(N)CC1. The van der Waals surface area contributed by atoms with Gasteiger partial charge < -0.3 is 15.2 Å². The maximum Gasteiger partial charge on any atom is 0.119 e. The van der Waals surface area contributed by atoms with Crippen LogP contribution in [0.3, 0.4) is 0 Å². The molecule has 1 aromatic rings. The molecule has 0 aliphatic heterocycles. The van der Waals surface area contributed by atoms with E-state index >= 15 is 0 Å². The van der Waals surface area contributed by atoms with Gasteiger partial charge in [-0.3, -0.25) is 0 Å². The molecule has 2 rings (SSSR count). The van der Waals surface area contributed by atoms with Crippen LogP contribution < -0.4 is 10.5 Å². The molecule has 1 saturated carbocycles. The van der Waals surface area contributed by atoms with Gasteiger partial charge in [-0.25, -0.2) is 0 Å². The fourth-order valence-corrected chi connectivity index (χ4v) is 1.91. The zero-order chi connectivity index (χ0) is 11.6. The molecule has 88 valence electrons. The van der Waals surface area contributed by atoms with Crippen LogP contribution in [-0.4, -0.2) is 19.8 Å². The third-order valence-electron chi connectivity index (χ3n) is 3.15. The lowest BCUT2D eigenvalue weighted by Crippen LogP contribution is -2.25. The minimum Gasteiger partial charge on any atom is -0.497 e. The van der Waals surface area contributed by atoms with Gasteiger partial charge in [0.05, 0.1) is 13.7 Å². The minimum atomic E-state index is 0.0227. The van der Waals surface area contributed by atoms with Gasteiger partial charge in [-0.15, -0.1) is 0 Å². The molecular formula is C13H19NO2. The molecule has 0 amide bonds. The van der Waals surface area contributed by atoms with Crippen molar-refractivity contribution in [3.8, 4) is 5.75 Å². The Bertz CT molecular complexity index is 372. The average molecular weight is 221 g/mol. The molecule has 0 bridgehead atoms.